The Morgan fingerprint density at radius 3 is 2.66 bits per heavy atom. The van der Waals surface area contributed by atoms with E-state index in [2.05, 4.69) is 20.1 Å². The van der Waals surface area contributed by atoms with Gasteiger partial charge in [-0.3, -0.25) is 14.6 Å². The molecule has 0 aliphatic heterocycles. The van der Waals surface area contributed by atoms with Crippen LogP contribution in [0.2, 0.25) is 10.0 Å². The van der Waals surface area contributed by atoms with Crippen molar-refractivity contribution < 1.29 is 13.2 Å². The van der Waals surface area contributed by atoms with Gasteiger partial charge in [0.25, 0.3) is 5.56 Å². The summed E-state index contributed by atoms with van der Waals surface area (Å²) in [4.78, 5) is 29.0. The lowest BCUT2D eigenvalue weighted by Gasteiger charge is -2.16. The number of hydrogen-bond donors (Lipinski definition) is 2. The third-order valence-electron chi connectivity index (χ3n) is 4.56. The van der Waals surface area contributed by atoms with Crippen molar-refractivity contribution in [1.82, 2.24) is 19.5 Å². The number of nitrogens with one attached hydrogen (secondary N) is 2. The maximum atomic E-state index is 12.8. The van der Waals surface area contributed by atoms with Crippen molar-refractivity contribution in [1.29, 1.82) is 0 Å². The normalized spacial score (nSPS) is 12.4. The second-order valence-electron chi connectivity index (χ2n) is 6.85. The summed E-state index contributed by atoms with van der Waals surface area (Å²) >= 11 is 11.6. The first kappa shape index (κ1) is 23.9. The minimum Gasteiger partial charge on any atom is -0.324 e. The fraction of sp³-hybridized carbons (Fsp3) is 0.200. The molecule has 0 fully saturated rings. The molecule has 0 aliphatic rings. The number of rotatable bonds is 7. The number of aromatic nitrogens is 3. The molecule has 1 amide bonds. The van der Waals surface area contributed by atoms with Gasteiger partial charge in [-0.2, -0.15) is 5.10 Å². The standard InChI is InChI=1S/C20H19Cl2N5O4S/c1-12-6-7-14(9-17(12)32(30,31)25-10-15-5-3-4-8-23-15)26-19(28)13(2)27-20(29)18(22)16(21)11-24-27/h3-9,11,13,25H,10H2,1-2H3,(H,26,28)/t13-/m0/s1. The molecule has 0 unspecified atom stereocenters. The molecule has 0 saturated heterocycles. The molecule has 2 aromatic heterocycles. The molecule has 0 radical (unpaired) electrons. The van der Waals surface area contributed by atoms with Crippen molar-refractivity contribution in [3.8, 4) is 0 Å². The Bertz CT molecular complexity index is 1310. The largest absolute Gasteiger partial charge is 0.324 e. The summed E-state index contributed by atoms with van der Waals surface area (Å²) in [5.74, 6) is -0.591. The molecule has 0 aliphatic carbocycles. The topological polar surface area (TPSA) is 123 Å². The summed E-state index contributed by atoms with van der Waals surface area (Å²) in [6.45, 7) is 3.11. The van der Waals surface area contributed by atoms with Gasteiger partial charge in [-0.25, -0.2) is 17.8 Å². The molecule has 0 saturated carbocycles. The summed E-state index contributed by atoms with van der Waals surface area (Å²) < 4.78 is 29.0. The minimum atomic E-state index is -3.88. The number of carbonyl (C=O) groups excluding carboxylic acids is 1. The zero-order chi connectivity index (χ0) is 23.5. The number of amides is 1. The average molecular weight is 496 g/mol. The van der Waals surface area contributed by atoms with Gasteiger partial charge >= 0.3 is 0 Å². The van der Waals surface area contributed by atoms with Gasteiger partial charge in [0.15, 0.2) is 0 Å². The fourth-order valence-corrected chi connectivity index (χ4v) is 4.30. The summed E-state index contributed by atoms with van der Waals surface area (Å²) in [6, 6.07) is 8.63. The van der Waals surface area contributed by atoms with Crippen LogP contribution in [0.3, 0.4) is 0 Å². The molecule has 3 rings (SSSR count). The fourth-order valence-electron chi connectivity index (χ4n) is 2.78. The summed E-state index contributed by atoms with van der Waals surface area (Å²) in [6.07, 6.45) is 2.74. The Morgan fingerprint density at radius 1 is 1.22 bits per heavy atom. The number of aryl methyl sites for hydroxylation is 1. The van der Waals surface area contributed by atoms with E-state index >= 15 is 0 Å². The van der Waals surface area contributed by atoms with Crippen LogP contribution in [0.5, 0.6) is 0 Å². The third kappa shape index (κ3) is 5.33. The predicted octanol–water partition coefficient (Wildman–Crippen LogP) is 2.93. The van der Waals surface area contributed by atoms with Crippen LogP contribution in [0, 0.1) is 6.92 Å². The number of nitrogens with zero attached hydrogens (tertiary/aromatic N) is 3. The zero-order valence-electron chi connectivity index (χ0n) is 17.0. The summed E-state index contributed by atoms with van der Waals surface area (Å²) in [7, 11) is -3.88. The number of sulfonamides is 1. The minimum absolute atomic E-state index is 0.00344. The Kier molecular flexibility index (Phi) is 7.29. The highest BCUT2D eigenvalue weighted by atomic mass is 35.5. The number of halogens is 2. The van der Waals surface area contributed by atoms with Gasteiger partial charge in [-0.1, -0.05) is 35.3 Å². The highest BCUT2D eigenvalue weighted by molar-refractivity contribution is 7.89. The lowest BCUT2D eigenvalue weighted by molar-refractivity contribution is -0.119. The van der Waals surface area contributed by atoms with E-state index in [1.54, 1.807) is 43.5 Å². The van der Waals surface area contributed by atoms with Crippen molar-refractivity contribution in [2.45, 2.75) is 31.3 Å². The molecule has 1 aromatic carbocycles. The quantitative estimate of drug-likeness (QED) is 0.519. The van der Waals surface area contributed by atoms with E-state index in [-0.39, 0.29) is 27.2 Å². The van der Waals surface area contributed by atoms with E-state index in [1.165, 1.54) is 19.2 Å². The van der Waals surface area contributed by atoms with Gasteiger partial charge in [0.2, 0.25) is 15.9 Å². The van der Waals surface area contributed by atoms with Gasteiger partial charge in [0, 0.05) is 11.9 Å². The van der Waals surface area contributed by atoms with Gasteiger partial charge in [-0.15, -0.1) is 0 Å². The van der Waals surface area contributed by atoms with Crippen LogP contribution in [-0.2, 0) is 21.4 Å². The molecule has 12 heteroatoms. The maximum Gasteiger partial charge on any atom is 0.287 e. The molecule has 2 heterocycles. The lowest BCUT2D eigenvalue weighted by atomic mass is 10.2. The SMILES string of the molecule is Cc1ccc(NC(=O)[C@H](C)n2ncc(Cl)c(Cl)c2=O)cc1S(=O)(=O)NCc1ccccn1. The molecular weight excluding hydrogens is 477 g/mol. The molecule has 3 aromatic rings. The first-order valence-corrected chi connectivity index (χ1v) is 11.6. The van der Waals surface area contributed by atoms with Gasteiger partial charge in [-0.05, 0) is 43.7 Å². The second kappa shape index (κ2) is 9.78. The Morgan fingerprint density at radius 2 is 1.97 bits per heavy atom. The number of pyridine rings is 1. The van der Waals surface area contributed by atoms with E-state index < -0.39 is 27.5 Å². The van der Waals surface area contributed by atoms with Crippen LogP contribution in [0.4, 0.5) is 5.69 Å². The van der Waals surface area contributed by atoms with Crippen LogP contribution < -0.4 is 15.6 Å². The smallest absolute Gasteiger partial charge is 0.287 e. The summed E-state index contributed by atoms with van der Waals surface area (Å²) in [5, 5.41) is 6.17. The van der Waals surface area contributed by atoms with E-state index in [0.29, 0.717) is 11.3 Å². The Hall–Kier alpha value is -2.79. The summed E-state index contributed by atoms with van der Waals surface area (Å²) in [5.41, 5.74) is 0.574. The molecule has 168 valence electrons. The maximum absolute atomic E-state index is 12.8. The number of benzene rings is 1. The van der Waals surface area contributed by atoms with Crippen LogP contribution in [0.1, 0.15) is 24.2 Å². The van der Waals surface area contributed by atoms with Crippen LogP contribution >= 0.6 is 23.2 Å². The number of carbonyl (C=O) groups is 1. The zero-order valence-corrected chi connectivity index (χ0v) is 19.4. The highest BCUT2D eigenvalue weighted by Gasteiger charge is 2.22. The molecule has 0 bridgehead atoms. The Balaban J connectivity index is 1.80. The van der Waals surface area contributed by atoms with E-state index in [4.69, 9.17) is 23.2 Å². The predicted molar refractivity (Wildman–Crippen MR) is 121 cm³/mol. The van der Waals surface area contributed by atoms with Gasteiger partial charge in [0.1, 0.15) is 11.1 Å². The Labute approximate surface area is 194 Å². The number of hydrogen-bond acceptors (Lipinski definition) is 6. The van der Waals surface area contributed by atoms with Crippen molar-refractivity contribution in [2.75, 3.05) is 5.32 Å². The van der Waals surface area contributed by atoms with E-state index in [1.807, 2.05) is 0 Å². The van der Waals surface area contributed by atoms with Gasteiger partial charge in [0.05, 0.1) is 28.4 Å². The molecule has 9 nitrogen and oxygen atoms in total. The first-order chi connectivity index (χ1) is 15.1. The van der Waals surface area contributed by atoms with Crippen LogP contribution in [0.15, 0.2) is 58.5 Å². The number of anilines is 1. The van der Waals surface area contributed by atoms with E-state index in [9.17, 15) is 18.0 Å². The molecule has 2 N–H and O–H groups in total. The first-order valence-electron chi connectivity index (χ1n) is 9.34. The highest BCUT2D eigenvalue weighted by Crippen LogP contribution is 2.22. The molecule has 32 heavy (non-hydrogen) atoms. The lowest BCUT2D eigenvalue weighted by Crippen LogP contribution is -2.33. The molecular formula is C20H19Cl2N5O4S. The molecule has 0 spiro atoms. The van der Waals surface area contributed by atoms with Crippen molar-refractivity contribution in [3.05, 3.63) is 80.4 Å². The van der Waals surface area contributed by atoms with Crippen molar-refractivity contribution in [3.63, 3.8) is 0 Å². The average Bonchev–Trinajstić information content (AvgIpc) is 2.77. The van der Waals surface area contributed by atoms with Gasteiger partial charge < -0.3 is 5.32 Å². The van der Waals surface area contributed by atoms with Crippen LogP contribution in [-0.4, -0.2) is 29.1 Å². The second-order valence-corrected chi connectivity index (χ2v) is 9.37. The monoisotopic (exact) mass is 495 g/mol. The third-order valence-corrected chi connectivity index (χ3v) is 6.85. The van der Waals surface area contributed by atoms with Crippen LogP contribution in [0.25, 0.3) is 0 Å². The van der Waals surface area contributed by atoms with E-state index in [0.717, 1.165) is 4.68 Å². The molecule has 1 atom stereocenters. The van der Waals surface area contributed by atoms with Crippen molar-refractivity contribution in [2.24, 2.45) is 0 Å². The van der Waals surface area contributed by atoms with Crippen molar-refractivity contribution >= 4 is 44.8 Å².